The molecule has 3 heterocycles. The predicted molar refractivity (Wildman–Crippen MR) is 140 cm³/mol. The summed E-state index contributed by atoms with van der Waals surface area (Å²) >= 11 is 0. The molecule has 10 heteroatoms. The number of carbonyl (C=O) groups is 1. The summed E-state index contributed by atoms with van der Waals surface area (Å²) in [6.45, 7) is 5.36. The van der Waals surface area contributed by atoms with Crippen molar-refractivity contribution in [2.45, 2.75) is 76.3 Å². The van der Waals surface area contributed by atoms with E-state index in [1.165, 1.54) is 86.8 Å². The molecule has 2 aliphatic heterocycles. The Morgan fingerprint density at radius 3 is 2.47 bits per heavy atom. The topological polar surface area (TPSA) is 83.9 Å². The number of rotatable bonds is 7. The van der Waals surface area contributed by atoms with Crippen LogP contribution in [0.3, 0.4) is 0 Å². The molecule has 0 atom stereocenters. The lowest BCUT2D eigenvalue weighted by atomic mass is 9.93. The Morgan fingerprint density at radius 1 is 1.11 bits per heavy atom. The zero-order valence-electron chi connectivity index (χ0n) is 22.0. The van der Waals surface area contributed by atoms with E-state index in [4.69, 9.17) is 24.4 Å². The fourth-order valence-corrected chi connectivity index (χ4v) is 5.71. The molecule has 0 amide bonds. The van der Waals surface area contributed by atoms with E-state index in [0.29, 0.717) is 5.92 Å². The summed E-state index contributed by atoms with van der Waals surface area (Å²) in [5.74, 6) is -0.496. The average molecular weight is 538 g/mol. The number of aromatic nitrogens is 1. The molecule has 1 saturated heterocycles. The minimum absolute atomic E-state index is 0.616. The van der Waals surface area contributed by atoms with E-state index in [2.05, 4.69) is 22.3 Å². The van der Waals surface area contributed by atoms with Crippen LogP contribution in [0, 0.1) is 0 Å². The van der Waals surface area contributed by atoms with Gasteiger partial charge in [-0.3, -0.25) is 4.98 Å². The largest absolute Gasteiger partial charge is 0.493 e. The van der Waals surface area contributed by atoms with Gasteiger partial charge in [-0.05, 0) is 76.1 Å². The summed E-state index contributed by atoms with van der Waals surface area (Å²) in [6, 6.07) is 4.27. The smallest absolute Gasteiger partial charge is 0.490 e. The first-order valence-electron chi connectivity index (χ1n) is 13.7. The van der Waals surface area contributed by atoms with Crippen molar-refractivity contribution in [2.75, 3.05) is 45.2 Å². The molecule has 1 saturated carbocycles. The molecule has 2 fully saturated rings. The van der Waals surface area contributed by atoms with Gasteiger partial charge in [-0.15, -0.1) is 0 Å². The van der Waals surface area contributed by atoms with Gasteiger partial charge < -0.3 is 24.8 Å². The van der Waals surface area contributed by atoms with Crippen LogP contribution in [0.15, 0.2) is 12.1 Å². The van der Waals surface area contributed by atoms with Gasteiger partial charge in [-0.25, -0.2) is 4.79 Å². The van der Waals surface area contributed by atoms with E-state index in [9.17, 15) is 13.2 Å². The molecular formula is C28H38F3N3O4. The number of ether oxygens (including phenoxy) is 2. The van der Waals surface area contributed by atoms with E-state index >= 15 is 0 Å². The standard InChI is InChI=1S/C26H37N3O2.C2HF3O2/c1-30-23-17-21-22(18-24(23)31-16-8-15-29-13-6-7-14-29)28-25(19-9-2-3-10-19)20-11-4-5-12-27-26(20)21;3-2(4,5)1(6)7/h17-19,27H,2-16H2,1H3;(H,6,7). The minimum atomic E-state index is -5.08. The Morgan fingerprint density at radius 2 is 1.82 bits per heavy atom. The summed E-state index contributed by atoms with van der Waals surface area (Å²) in [7, 11) is 1.74. The third kappa shape index (κ3) is 7.01. The monoisotopic (exact) mass is 537 g/mol. The van der Waals surface area contributed by atoms with Crippen molar-refractivity contribution in [1.82, 2.24) is 9.88 Å². The number of nitrogens with one attached hydrogen (secondary N) is 1. The van der Waals surface area contributed by atoms with Crippen molar-refractivity contribution in [3.05, 3.63) is 23.4 Å². The average Bonchev–Trinajstić information content (AvgIpc) is 3.56. The Balaban J connectivity index is 0.000000426. The third-order valence-corrected chi connectivity index (χ3v) is 7.62. The first kappa shape index (κ1) is 28.3. The number of carboxylic acids is 1. The number of nitrogens with zero attached hydrogens (tertiary/aromatic N) is 2. The van der Waals surface area contributed by atoms with Crippen molar-refractivity contribution >= 4 is 22.6 Å². The van der Waals surface area contributed by atoms with Crippen LogP contribution in [-0.2, 0) is 11.2 Å². The highest BCUT2D eigenvalue weighted by Crippen LogP contribution is 2.43. The maximum Gasteiger partial charge on any atom is 0.490 e. The fraction of sp³-hybridized carbons (Fsp3) is 0.643. The maximum atomic E-state index is 10.6. The van der Waals surface area contributed by atoms with Crippen LogP contribution in [0.5, 0.6) is 11.5 Å². The van der Waals surface area contributed by atoms with Crippen molar-refractivity contribution < 1.29 is 32.5 Å². The Labute approximate surface area is 221 Å². The molecule has 5 rings (SSSR count). The van der Waals surface area contributed by atoms with Gasteiger partial charge in [0.1, 0.15) is 0 Å². The van der Waals surface area contributed by atoms with Gasteiger partial charge in [0, 0.05) is 41.8 Å². The number of fused-ring (bicyclic) bond motifs is 3. The van der Waals surface area contributed by atoms with E-state index in [-0.39, 0.29) is 0 Å². The lowest BCUT2D eigenvalue weighted by Crippen LogP contribution is -2.21. The Hall–Kier alpha value is -2.75. The zero-order chi connectivity index (χ0) is 27.1. The zero-order valence-corrected chi connectivity index (χ0v) is 22.0. The van der Waals surface area contributed by atoms with Gasteiger partial charge in [0.05, 0.1) is 19.2 Å². The molecule has 2 N–H and O–H groups in total. The molecule has 1 aliphatic carbocycles. The van der Waals surface area contributed by atoms with Crippen LogP contribution >= 0.6 is 0 Å². The lowest BCUT2D eigenvalue weighted by molar-refractivity contribution is -0.192. The Bertz CT molecular complexity index is 1100. The summed E-state index contributed by atoms with van der Waals surface area (Å²) in [6.07, 6.45) is 7.46. The second kappa shape index (κ2) is 12.9. The van der Waals surface area contributed by atoms with Crippen molar-refractivity contribution in [3.63, 3.8) is 0 Å². The van der Waals surface area contributed by atoms with Crippen LogP contribution in [-0.4, -0.2) is 67.0 Å². The van der Waals surface area contributed by atoms with Gasteiger partial charge >= 0.3 is 12.1 Å². The van der Waals surface area contributed by atoms with Gasteiger partial charge in [-0.2, -0.15) is 13.2 Å². The van der Waals surface area contributed by atoms with E-state index in [1.807, 2.05) is 0 Å². The SMILES string of the molecule is COc1cc2c3c(c(C4CCCC4)nc2cc1OCCCN1CCCC1)CCCCN3.O=C(O)C(F)(F)F. The van der Waals surface area contributed by atoms with Crippen molar-refractivity contribution in [2.24, 2.45) is 0 Å². The molecule has 0 radical (unpaired) electrons. The molecule has 1 aromatic heterocycles. The number of pyridine rings is 1. The second-order valence-electron chi connectivity index (χ2n) is 10.3. The van der Waals surface area contributed by atoms with Crippen LogP contribution in [0.4, 0.5) is 18.9 Å². The lowest BCUT2D eigenvalue weighted by Gasteiger charge is -2.21. The Kier molecular flexibility index (Phi) is 9.57. The summed E-state index contributed by atoms with van der Waals surface area (Å²) in [5, 5.41) is 12.0. The normalized spacial score (nSPS) is 18.3. The third-order valence-electron chi connectivity index (χ3n) is 7.62. The number of halogens is 3. The highest BCUT2D eigenvalue weighted by molar-refractivity contribution is 5.96. The maximum absolute atomic E-state index is 10.6. The first-order chi connectivity index (χ1) is 18.3. The molecular weight excluding hydrogens is 499 g/mol. The molecule has 0 unspecified atom stereocenters. The molecule has 1 aromatic carbocycles. The number of anilines is 1. The second-order valence-corrected chi connectivity index (χ2v) is 10.3. The van der Waals surface area contributed by atoms with Crippen molar-refractivity contribution in [1.29, 1.82) is 0 Å². The quantitative estimate of drug-likeness (QED) is 0.410. The molecule has 210 valence electrons. The number of alkyl halides is 3. The van der Waals surface area contributed by atoms with Gasteiger partial charge in [0.15, 0.2) is 11.5 Å². The number of hydrogen-bond donors (Lipinski definition) is 2. The fourth-order valence-electron chi connectivity index (χ4n) is 5.71. The number of methoxy groups -OCH3 is 1. The van der Waals surface area contributed by atoms with E-state index in [0.717, 1.165) is 49.6 Å². The molecule has 2 aromatic rings. The van der Waals surface area contributed by atoms with Crippen LogP contribution < -0.4 is 14.8 Å². The van der Waals surface area contributed by atoms with Gasteiger partial charge in [0.2, 0.25) is 0 Å². The van der Waals surface area contributed by atoms with Gasteiger partial charge in [-0.1, -0.05) is 12.8 Å². The number of likely N-dealkylation sites (tertiary alicyclic amines) is 1. The van der Waals surface area contributed by atoms with E-state index < -0.39 is 12.1 Å². The van der Waals surface area contributed by atoms with Crippen LogP contribution in [0.25, 0.3) is 10.9 Å². The highest BCUT2D eigenvalue weighted by Gasteiger charge is 2.38. The first-order valence-corrected chi connectivity index (χ1v) is 13.7. The van der Waals surface area contributed by atoms with Crippen LogP contribution in [0.2, 0.25) is 0 Å². The number of aliphatic carboxylic acids is 1. The predicted octanol–water partition coefficient (Wildman–Crippen LogP) is 6.15. The summed E-state index contributed by atoms with van der Waals surface area (Å²) < 4.78 is 43.7. The van der Waals surface area contributed by atoms with Crippen LogP contribution in [0.1, 0.15) is 75.0 Å². The molecule has 3 aliphatic rings. The highest BCUT2D eigenvalue weighted by atomic mass is 19.4. The van der Waals surface area contributed by atoms with Gasteiger partial charge in [0.25, 0.3) is 0 Å². The molecule has 38 heavy (non-hydrogen) atoms. The molecule has 0 spiro atoms. The number of benzene rings is 1. The van der Waals surface area contributed by atoms with Crippen molar-refractivity contribution in [3.8, 4) is 11.5 Å². The minimum Gasteiger partial charge on any atom is -0.493 e. The van der Waals surface area contributed by atoms with E-state index in [1.54, 1.807) is 7.11 Å². The summed E-state index contributed by atoms with van der Waals surface area (Å²) in [4.78, 5) is 16.7. The number of hydrogen-bond acceptors (Lipinski definition) is 6. The summed E-state index contributed by atoms with van der Waals surface area (Å²) in [5.41, 5.74) is 5.14. The molecule has 7 nitrogen and oxygen atoms in total. The number of carboxylic acid groups (broad SMARTS) is 1. The molecule has 0 bridgehead atoms.